The number of hydrogen-bond donors (Lipinski definition) is 2. The van der Waals surface area contributed by atoms with E-state index in [1.54, 1.807) is 12.1 Å². The van der Waals surface area contributed by atoms with Gasteiger partial charge < -0.3 is 10.6 Å². The highest BCUT2D eigenvalue weighted by molar-refractivity contribution is 5.79. The van der Waals surface area contributed by atoms with E-state index in [4.69, 9.17) is 0 Å². The maximum atomic E-state index is 13.2. The van der Waals surface area contributed by atoms with E-state index < -0.39 is 0 Å². The first kappa shape index (κ1) is 16.9. The van der Waals surface area contributed by atoms with E-state index in [2.05, 4.69) is 15.6 Å². The van der Waals surface area contributed by atoms with E-state index in [0.29, 0.717) is 25.5 Å². The zero-order valence-electron chi connectivity index (χ0n) is 13.2. The van der Waals surface area contributed by atoms with Crippen molar-refractivity contribution in [2.45, 2.75) is 19.9 Å². The Hall–Kier alpha value is -2.43. The number of halogens is 2. The highest BCUT2D eigenvalue weighted by Crippen LogP contribution is 2.05. The lowest BCUT2D eigenvalue weighted by Gasteiger charge is -2.11. The molecule has 0 heterocycles. The van der Waals surface area contributed by atoms with E-state index in [1.807, 2.05) is 19.1 Å². The lowest BCUT2D eigenvalue weighted by Crippen LogP contribution is -2.38. The molecule has 0 unspecified atom stereocenters. The van der Waals surface area contributed by atoms with Crippen molar-refractivity contribution in [3.63, 3.8) is 0 Å². The monoisotopic (exact) mass is 317 g/mol. The Labute approximate surface area is 135 Å². The summed E-state index contributed by atoms with van der Waals surface area (Å²) >= 11 is 0. The van der Waals surface area contributed by atoms with Gasteiger partial charge in [0.15, 0.2) is 5.96 Å². The van der Waals surface area contributed by atoms with Crippen LogP contribution in [0.25, 0.3) is 0 Å². The zero-order valence-corrected chi connectivity index (χ0v) is 13.2. The Morgan fingerprint density at radius 1 is 0.957 bits per heavy atom. The number of guanidine groups is 1. The average Bonchev–Trinajstić information content (AvgIpc) is 2.53. The molecule has 0 aliphatic heterocycles. The van der Waals surface area contributed by atoms with Gasteiger partial charge in [-0.15, -0.1) is 0 Å². The summed E-state index contributed by atoms with van der Waals surface area (Å²) in [6.45, 7) is 3.74. The van der Waals surface area contributed by atoms with E-state index in [-0.39, 0.29) is 11.6 Å². The van der Waals surface area contributed by atoms with Gasteiger partial charge in [0.2, 0.25) is 0 Å². The molecular formula is C18H21F2N3. The highest BCUT2D eigenvalue weighted by atomic mass is 19.1. The van der Waals surface area contributed by atoms with Crippen LogP contribution >= 0.6 is 0 Å². The molecule has 0 saturated heterocycles. The van der Waals surface area contributed by atoms with Crippen LogP contribution in [0.3, 0.4) is 0 Å². The molecule has 122 valence electrons. The number of rotatable bonds is 6. The zero-order chi connectivity index (χ0) is 16.5. The minimum Gasteiger partial charge on any atom is -0.357 e. The van der Waals surface area contributed by atoms with E-state index in [1.165, 1.54) is 24.3 Å². The van der Waals surface area contributed by atoms with Crippen LogP contribution in [0.2, 0.25) is 0 Å². The topological polar surface area (TPSA) is 36.4 Å². The summed E-state index contributed by atoms with van der Waals surface area (Å²) in [5.41, 5.74) is 1.74. The molecule has 0 aromatic heterocycles. The van der Waals surface area contributed by atoms with Gasteiger partial charge in [-0.05, 0) is 48.7 Å². The van der Waals surface area contributed by atoms with E-state index in [9.17, 15) is 8.78 Å². The summed E-state index contributed by atoms with van der Waals surface area (Å²) in [6.07, 6.45) is 0.697. The molecule has 0 radical (unpaired) electrons. The molecule has 23 heavy (non-hydrogen) atoms. The molecule has 0 bridgehead atoms. The molecule has 2 aromatic rings. The summed E-state index contributed by atoms with van der Waals surface area (Å²) in [4.78, 5) is 4.43. The van der Waals surface area contributed by atoms with E-state index in [0.717, 1.165) is 17.7 Å². The Kier molecular flexibility index (Phi) is 6.54. The van der Waals surface area contributed by atoms with Crippen molar-refractivity contribution in [3.8, 4) is 0 Å². The molecule has 2 aromatic carbocycles. The Morgan fingerprint density at radius 2 is 1.61 bits per heavy atom. The van der Waals surface area contributed by atoms with Crippen molar-refractivity contribution in [2.75, 3.05) is 13.1 Å². The fraction of sp³-hybridized carbons (Fsp3) is 0.278. The summed E-state index contributed by atoms with van der Waals surface area (Å²) in [5.74, 6) is 0.170. The molecule has 0 atom stereocenters. The molecule has 2 rings (SSSR count). The van der Waals surface area contributed by atoms with Crippen LogP contribution in [0.1, 0.15) is 18.1 Å². The second-order valence-electron chi connectivity index (χ2n) is 5.13. The van der Waals surface area contributed by atoms with Crippen LogP contribution in [0.4, 0.5) is 8.78 Å². The minimum atomic E-state index is -0.262. The minimum absolute atomic E-state index is 0.228. The Balaban J connectivity index is 1.89. The smallest absolute Gasteiger partial charge is 0.191 e. The molecular weight excluding hydrogens is 296 g/mol. The molecule has 0 spiro atoms. The third-order valence-corrected chi connectivity index (χ3v) is 3.25. The molecule has 0 saturated carbocycles. The second-order valence-corrected chi connectivity index (χ2v) is 5.13. The normalized spacial score (nSPS) is 11.3. The first-order chi connectivity index (χ1) is 11.2. The predicted octanol–water partition coefficient (Wildman–Crippen LogP) is 3.26. The summed E-state index contributed by atoms with van der Waals surface area (Å²) < 4.78 is 26.3. The predicted molar refractivity (Wildman–Crippen MR) is 89.3 cm³/mol. The van der Waals surface area contributed by atoms with Gasteiger partial charge in [0.25, 0.3) is 0 Å². The summed E-state index contributed by atoms with van der Waals surface area (Å²) in [5, 5.41) is 6.33. The standard InChI is InChI=1S/C18H21F2N3/c1-2-21-18(23-13-15-6-4-8-17(20)12-15)22-10-9-14-5-3-7-16(19)11-14/h3-8,11-12H,2,9-10,13H2,1H3,(H2,21,22,23). The van der Waals surface area contributed by atoms with Crippen LogP contribution in [0.15, 0.2) is 53.5 Å². The Bertz CT molecular complexity index is 656. The number of nitrogens with one attached hydrogen (secondary N) is 2. The van der Waals surface area contributed by atoms with Gasteiger partial charge in [-0.3, -0.25) is 0 Å². The van der Waals surface area contributed by atoms with Crippen LogP contribution in [0, 0.1) is 11.6 Å². The van der Waals surface area contributed by atoms with Crippen LogP contribution in [-0.4, -0.2) is 19.0 Å². The van der Waals surface area contributed by atoms with Crippen LogP contribution in [-0.2, 0) is 13.0 Å². The van der Waals surface area contributed by atoms with E-state index >= 15 is 0 Å². The fourth-order valence-electron chi connectivity index (χ4n) is 2.17. The average molecular weight is 317 g/mol. The van der Waals surface area contributed by atoms with Gasteiger partial charge in [0.05, 0.1) is 6.54 Å². The Morgan fingerprint density at radius 3 is 2.26 bits per heavy atom. The van der Waals surface area contributed by atoms with Crippen molar-refractivity contribution < 1.29 is 8.78 Å². The SMILES string of the molecule is CCNC(=NCc1cccc(F)c1)NCCc1cccc(F)c1. The van der Waals surface area contributed by atoms with Crippen molar-refractivity contribution >= 4 is 5.96 Å². The second kappa shape index (κ2) is 8.88. The molecule has 5 heteroatoms. The largest absolute Gasteiger partial charge is 0.357 e. The van der Waals surface area contributed by atoms with Gasteiger partial charge in [-0.25, -0.2) is 13.8 Å². The first-order valence-corrected chi connectivity index (χ1v) is 7.68. The van der Waals surface area contributed by atoms with Crippen LogP contribution in [0.5, 0.6) is 0 Å². The summed E-state index contributed by atoms with van der Waals surface area (Å²) in [7, 11) is 0. The third-order valence-electron chi connectivity index (χ3n) is 3.25. The molecule has 0 fully saturated rings. The van der Waals surface area contributed by atoms with Gasteiger partial charge in [-0.2, -0.15) is 0 Å². The fourth-order valence-corrected chi connectivity index (χ4v) is 2.17. The van der Waals surface area contributed by atoms with Crippen LogP contribution < -0.4 is 10.6 Å². The lowest BCUT2D eigenvalue weighted by atomic mass is 10.1. The molecule has 0 amide bonds. The number of nitrogens with zero attached hydrogens (tertiary/aromatic N) is 1. The summed E-state index contributed by atoms with van der Waals surface area (Å²) in [6, 6.07) is 12.9. The van der Waals surface area contributed by atoms with Gasteiger partial charge in [0, 0.05) is 13.1 Å². The van der Waals surface area contributed by atoms with Crippen molar-refractivity contribution in [1.82, 2.24) is 10.6 Å². The van der Waals surface area contributed by atoms with Crippen molar-refractivity contribution in [2.24, 2.45) is 4.99 Å². The maximum Gasteiger partial charge on any atom is 0.191 e. The number of hydrogen-bond acceptors (Lipinski definition) is 1. The number of benzene rings is 2. The first-order valence-electron chi connectivity index (χ1n) is 7.68. The quantitative estimate of drug-likeness (QED) is 0.634. The van der Waals surface area contributed by atoms with Crippen molar-refractivity contribution in [1.29, 1.82) is 0 Å². The third kappa shape index (κ3) is 6.06. The van der Waals surface area contributed by atoms with Gasteiger partial charge in [0.1, 0.15) is 11.6 Å². The van der Waals surface area contributed by atoms with Gasteiger partial charge >= 0.3 is 0 Å². The lowest BCUT2D eigenvalue weighted by molar-refractivity contribution is 0.624. The molecule has 2 N–H and O–H groups in total. The number of aliphatic imine (C=N–C) groups is 1. The molecule has 3 nitrogen and oxygen atoms in total. The van der Waals surface area contributed by atoms with Crippen molar-refractivity contribution in [3.05, 3.63) is 71.3 Å². The maximum absolute atomic E-state index is 13.2. The highest BCUT2D eigenvalue weighted by Gasteiger charge is 2.00. The molecule has 0 aliphatic carbocycles. The van der Waals surface area contributed by atoms with Gasteiger partial charge in [-0.1, -0.05) is 24.3 Å². The molecule has 0 aliphatic rings.